The van der Waals surface area contributed by atoms with Gasteiger partial charge in [-0.2, -0.15) is 11.3 Å². The molecule has 6 nitrogen and oxygen atoms in total. The van der Waals surface area contributed by atoms with Crippen LogP contribution in [-0.2, 0) is 15.1 Å². The Morgan fingerprint density at radius 3 is 2.68 bits per heavy atom. The summed E-state index contributed by atoms with van der Waals surface area (Å²) >= 11 is 8.85. The van der Waals surface area contributed by atoms with Gasteiger partial charge in [0.2, 0.25) is 11.8 Å². The SMILES string of the molecule is COc1cc(F)ccc1Oc1cccc([C@@]2(c3ccsc3)CC(=O)C(Sc3ccccc3Cl)C(=O)N2)n1. The Kier molecular flexibility index (Phi) is 7.19. The predicted molar refractivity (Wildman–Crippen MR) is 141 cm³/mol. The van der Waals surface area contributed by atoms with Gasteiger partial charge in [0.15, 0.2) is 17.3 Å². The van der Waals surface area contributed by atoms with E-state index in [0.29, 0.717) is 15.6 Å². The van der Waals surface area contributed by atoms with Gasteiger partial charge in [-0.05, 0) is 52.7 Å². The maximum Gasteiger partial charge on any atom is 0.242 e. The molecule has 1 unspecified atom stereocenters. The standard InChI is InChI=1S/C27H20ClFN2O4S2/c1-34-21-13-17(29)9-10-20(21)35-24-8-4-7-23(30-24)27(16-11-12-36-15-16)14-19(32)25(26(33)31-27)37-22-6-3-2-5-18(22)28/h2-13,15,25H,14H2,1H3,(H,31,33)/t25?,27-/m0/s1. The maximum atomic E-state index is 13.6. The molecule has 4 aromatic rings. The lowest BCUT2D eigenvalue weighted by Crippen LogP contribution is -2.58. The molecule has 1 fully saturated rings. The summed E-state index contributed by atoms with van der Waals surface area (Å²) in [7, 11) is 1.41. The van der Waals surface area contributed by atoms with Crippen LogP contribution in [0.25, 0.3) is 0 Å². The third-order valence-electron chi connectivity index (χ3n) is 5.90. The number of nitrogens with one attached hydrogen (secondary N) is 1. The van der Waals surface area contributed by atoms with Crippen LogP contribution in [0.3, 0.4) is 0 Å². The van der Waals surface area contributed by atoms with Gasteiger partial charge in [-0.25, -0.2) is 9.37 Å². The fourth-order valence-corrected chi connectivity index (χ4v) is 6.11. The second kappa shape index (κ2) is 10.5. The first-order valence-corrected chi connectivity index (χ1v) is 13.4. The molecule has 0 radical (unpaired) electrons. The van der Waals surface area contributed by atoms with E-state index in [1.807, 2.05) is 16.8 Å². The number of hydrogen-bond acceptors (Lipinski definition) is 7. The lowest BCUT2D eigenvalue weighted by Gasteiger charge is -2.39. The van der Waals surface area contributed by atoms with Gasteiger partial charge in [-0.15, -0.1) is 11.8 Å². The summed E-state index contributed by atoms with van der Waals surface area (Å²) in [5.41, 5.74) is -0.00501. The number of benzene rings is 2. The van der Waals surface area contributed by atoms with Crippen LogP contribution in [0.4, 0.5) is 4.39 Å². The second-order valence-electron chi connectivity index (χ2n) is 8.24. The Labute approximate surface area is 225 Å². The summed E-state index contributed by atoms with van der Waals surface area (Å²) in [6.45, 7) is 0. The van der Waals surface area contributed by atoms with Crippen molar-refractivity contribution in [2.45, 2.75) is 22.1 Å². The maximum absolute atomic E-state index is 13.6. The van der Waals surface area contributed by atoms with Crippen molar-refractivity contribution in [2.75, 3.05) is 7.11 Å². The molecular formula is C27H20ClFN2O4S2. The number of carbonyl (C=O) groups excluding carboxylic acids is 2. The first kappa shape index (κ1) is 25.3. The number of methoxy groups -OCH3 is 1. The van der Waals surface area contributed by atoms with Crippen molar-refractivity contribution >= 4 is 46.4 Å². The molecule has 2 aromatic heterocycles. The van der Waals surface area contributed by atoms with Crippen LogP contribution < -0.4 is 14.8 Å². The quantitative estimate of drug-likeness (QED) is 0.273. The van der Waals surface area contributed by atoms with Gasteiger partial charge in [0.1, 0.15) is 16.6 Å². The van der Waals surface area contributed by atoms with Gasteiger partial charge in [-0.1, -0.05) is 29.8 Å². The largest absolute Gasteiger partial charge is 0.493 e. The summed E-state index contributed by atoms with van der Waals surface area (Å²) < 4.78 is 24.7. The molecule has 1 aliphatic rings. The molecule has 10 heteroatoms. The van der Waals surface area contributed by atoms with Crippen LogP contribution in [0, 0.1) is 5.82 Å². The number of pyridine rings is 1. The molecule has 1 saturated heterocycles. The number of carbonyl (C=O) groups is 2. The van der Waals surface area contributed by atoms with Crippen molar-refractivity contribution in [3.63, 3.8) is 0 Å². The molecule has 5 rings (SSSR count). The molecule has 1 amide bonds. The van der Waals surface area contributed by atoms with Crippen molar-refractivity contribution in [3.05, 3.63) is 99.6 Å². The number of hydrogen-bond donors (Lipinski definition) is 1. The highest BCUT2D eigenvalue weighted by atomic mass is 35.5. The van der Waals surface area contributed by atoms with Crippen molar-refractivity contribution in [3.8, 4) is 17.4 Å². The van der Waals surface area contributed by atoms with Gasteiger partial charge in [0.05, 0.1) is 17.8 Å². The molecule has 1 N–H and O–H groups in total. The number of aromatic nitrogens is 1. The number of Topliss-reactive ketones (excluding diaryl/α,β-unsaturated/α-hetero) is 1. The van der Waals surface area contributed by atoms with E-state index in [2.05, 4.69) is 10.3 Å². The average molecular weight is 555 g/mol. The number of rotatable bonds is 7. The van der Waals surface area contributed by atoms with E-state index in [-0.39, 0.29) is 29.6 Å². The zero-order chi connectivity index (χ0) is 26.0. The Morgan fingerprint density at radius 1 is 1.11 bits per heavy atom. The Bertz CT molecular complexity index is 1450. The van der Waals surface area contributed by atoms with Crippen LogP contribution in [0.5, 0.6) is 17.4 Å². The third kappa shape index (κ3) is 5.07. The highest BCUT2D eigenvalue weighted by Crippen LogP contribution is 2.41. The van der Waals surface area contributed by atoms with Crippen molar-refractivity contribution in [2.24, 2.45) is 0 Å². The van der Waals surface area contributed by atoms with E-state index < -0.39 is 22.5 Å². The van der Waals surface area contributed by atoms with Crippen molar-refractivity contribution in [1.82, 2.24) is 10.3 Å². The van der Waals surface area contributed by atoms with Crippen LogP contribution in [0.1, 0.15) is 17.7 Å². The zero-order valence-corrected chi connectivity index (χ0v) is 21.8. The molecular weight excluding hydrogens is 535 g/mol. The fourth-order valence-electron chi connectivity index (χ4n) is 4.14. The number of ketones is 1. The smallest absolute Gasteiger partial charge is 0.242 e. The molecule has 3 heterocycles. The van der Waals surface area contributed by atoms with Gasteiger partial charge in [0.25, 0.3) is 0 Å². The minimum atomic E-state index is -1.18. The van der Waals surface area contributed by atoms with Gasteiger partial charge < -0.3 is 14.8 Å². The molecule has 0 aliphatic carbocycles. The van der Waals surface area contributed by atoms with E-state index in [4.69, 9.17) is 21.1 Å². The number of halogens is 2. The first-order valence-electron chi connectivity index (χ1n) is 11.2. The van der Waals surface area contributed by atoms with Gasteiger partial charge in [0, 0.05) is 23.4 Å². The second-order valence-corrected chi connectivity index (χ2v) is 10.6. The molecule has 37 heavy (non-hydrogen) atoms. The van der Waals surface area contributed by atoms with Gasteiger partial charge in [-0.3, -0.25) is 9.59 Å². The molecule has 1 aliphatic heterocycles. The topological polar surface area (TPSA) is 77.5 Å². The summed E-state index contributed by atoms with van der Waals surface area (Å²) in [5, 5.41) is 6.37. The summed E-state index contributed by atoms with van der Waals surface area (Å²) in [5.74, 6) is -0.450. The Morgan fingerprint density at radius 2 is 1.95 bits per heavy atom. The highest BCUT2D eigenvalue weighted by molar-refractivity contribution is 8.01. The summed E-state index contributed by atoms with van der Waals surface area (Å²) in [4.78, 5) is 32.2. The molecule has 188 valence electrons. The average Bonchev–Trinajstić information content (AvgIpc) is 3.44. The molecule has 0 bridgehead atoms. The lowest BCUT2D eigenvalue weighted by molar-refractivity contribution is -0.133. The van der Waals surface area contributed by atoms with E-state index in [9.17, 15) is 14.0 Å². The molecule has 0 spiro atoms. The summed E-state index contributed by atoms with van der Waals surface area (Å²) in [6.07, 6.45) is -0.00604. The van der Waals surface area contributed by atoms with Crippen molar-refractivity contribution in [1.29, 1.82) is 0 Å². The molecule has 2 aromatic carbocycles. The number of piperidine rings is 1. The Hall–Kier alpha value is -3.40. The highest BCUT2D eigenvalue weighted by Gasteiger charge is 2.48. The van der Waals surface area contributed by atoms with Crippen LogP contribution in [-0.4, -0.2) is 29.0 Å². The first-order chi connectivity index (χ1) is 17.9. The minimum absolute atomic E-state index is 0.00604. The molecule has 2 atom stereocenters. The normalized spacial score (nSPS) is 19.4. The minimum Gasteiger partial charge on any atom is -0.493 e. The van der Waals surface area contributed by atoms with E-state index in [1.165, 1.54) is 36.6 Å². The lowest BCUT2D eigenvalue weighted by atomic mass is 9.79. The van der Waals surface area contributed by atoms with Crippen LogP contribution in [0.15, 0.2) is 82.4 Å². The van der Waals surface area contributed by atoms with E-state index >= 15 is 0 Å². The van der Waals surface area contributed by atoms with E-state index in [1.54, 1.807) is 42.5 Å². The zero-order valence-electron chi connectivity index (χ0n) is 19.4. The Balaban J connectivity index is 1.49. The monoisotopic (exact) mass is 554 g/mol. The van der Waals surface area contributed by atoms with Gasteiger partial charge >= 0.3 is 0 Å². The predicted octanol–water partition coefficient (Wildman–Crippen LogP) is 6.23. The van der Waals surface area contributed by atoms with Crippen LogP contribution in [0.2, 0.25) is 5.02 Å². The summed E-state index contributed by atoms with van der Waals surface area (Å²) in [6, 6.07) is 18.0. The van der Waals surface area contributed by atoms with E-state index in [0.717, 1.165) is 17.3 Å². The molecule has 0 saturated carbocycles. The number of ether oxygens (including phenoxy) is 2. The number of amides is 1. The number of thioether (sulfide) groups is 1. The fraction of sp³-hybridized carbons (Fsp3) is 0.148. The van der Waals surface area contributed by atoms with Crippen LogP contribution >= 0.6 is 34.7 Å². The third-order valence-corrected chi connectivity index (χ3v) is 8.35. The number of thiophene rings is 1. The van der Waals surface area contributed by atoms with Crippen molar-refractivity contribution < 1.29 is 23.5 Å². The number of nitrogens with zero attached hydrogens (tertiary/aromatic N) is 1.